The van der Waals surface area contributed by atoms with Gasteiger partial charge in [0.2, 0.25) is 0 Å². The third kappa shape index (κ3) is 3.48. The summed E-state index contributed by atoms with van der Waals surface area (Å²) in [5, 5.41) is 3.19. The predicted octanol–water partition coefficient (Wildman–Crippen LogP) is 3.79. The molecule has 18 heavy (non-hydrogen) atoms. The lowest BCUT2D eigenvalue weighted by Crippen LogP contribution is -2.24. The zero-order valence-corrected chi connectivity index (χ0v) is 13.0. The van der Waals surface area contributed by atoms with E-state index in [1.807, 2.05) is 7.05 Å². The van der Waals surface area contributed by atoms with Crippen molar-refractivity contribution in [2.75, 3.05) is 25.5 Å². The normalized spacial score (nSPS) is 16.2. The fraction of sp³-hybridized carbons (Fsp3) is 0.600. The zero-order chi connectivity index (χ0) is 13.0. The van der Waals surface area contributed by atoms with Crippen molar-refractivity contribution in [2.24, 2.45) is 5.92 Å². The Labute approximate surface area is 119 Å². The molecule has 3 heteroatoms. The first kappa shape index (κ1) is 13.9. The summed E-state index contributed by atoms with van der Waals surface area (Å²) in [7, 11) is 4.18. The van der Waals surface area contributed by atoms with Crippen LogP contribution in [0.1, 0.15) is 31.2 Å². The van der Waals surface area contributed by atoms with Gasteiger partial charge in [0, 0.05) is 30.3 Å². The van der Waals surface area contributed by atoms with Crippen LogP contribution in [0, 0.1) is 5.92 Å². The first-order valence-electron chi connectivity index (χ1n) is 6.85. The third-order valence-corrected chi connectivity index (χ3v) is 4.59. The SMILES string of the molecule is CNCc1ccc(N(C)CC2CCCC2)cc1Br. The van der Waals surface area contributed by atoms with Crippen molar-refractivity contribution in [1.29, 1.82) is 0 Å². The molecular weight excluding hydrogens is 288 g/mol. The highest BCUT2D eigenvalue weighted by atomic mass is 79.9. The van der Waals surface area contributed by atoms with Gasteiger partial charge < -0.3 is 10.2 Å². The molecule has 2 nitrogen and oxygen atoms in total. The van der Waals surface area contributed by atoms with E-state index in [0.29, 0.717) is 0 Å². The number of hydrogen-bond acceptors (Lipinski definition) is 2. The average molecular weight is 311 g/mol. The molecule has 2 rings (SSSR count). The minimum absolute atomic E-state index is 0.894. The molecule has 0 radical (unpaired) electrons. The van der Waals surface area contributed by atoms with Crippen molar-refractivity contribution >= 4 is 21.6 Å². The molecule has 0 spiro atoms. The van der Waals surface area contributed by atoms with E-state index in [1.54, 1.807) is 0 Å². The molecule has 0 amide bonds. The second-order valence-electron chi connectivity index (χ2n) is 5.34. The Morgan fingerprint density at radius 1 is 1.33 bits per heavy atom. The monoisotopic (exact) mass is 310 g/mol. The molecule has 1 saturated carbocycles. The molecule has 0 bridgehead atoms. The molecule has 100 valence electrons. The van der Waals surface area contributed by atoms with Crippen LogP contribution in [-0.2, 0) is 6.54 Å². The van der Waals surface area contributed by atoms with Gasteiger partial charge in [0.1, 0.15) is 0 Å². The topological polar surface area (TPSA) is 15.3 Å². The molecule has 1 N–H and O–H groups in total. The summed E-state index contributed by atoms with van der Waals surface area (Å²) in [6.07, 6.45) is 5.65. The lowest BCUT2D eigenvalue weighted by molar-refractivity contribution is 0.547. The number of anilines is 1. The summed E-state index contributed by atoms with van der Waals surface area (Å²) in [5.41, 5.74) is 2.63. The lowest BCUT2D eigenvalue weighted by atomic mass is 10.1. The molecular formula is C15H23BrN2. The average Bonchev–Trinajstić information content (AvgIpc) is 2.84. The minimum Gasteiger partial charge on any atom is -0.374 e. The largest absolute Gasteiger partial charge is 0.374 e. The third-order valence-electron chi connectivity index (χ3n) is 3.85. The van der Waals surface area contributed by atoms with Gasteiger partial charge in [-0.2, -0.15) is 0 Å². The highest BCUT2D eigenvalue weighted by Gasteiger charge is 2.17. The van der Waals surface area contributed by atoms with Crippen LogP contribution in [0.15, 0.2) is 22.7 Å². The van der Waals surface area contributed by atoms with Gasteiger partial charge >= 0.3 is 0 Å². The lowest BCUT2D eigenvalue weighted by Gasteiger charge is -2.23. The molecule has 0 saturated heterocycles. The molecule has 1 aliphatic carbocycles. The van der Waals surface area contributed by atoms with E-state index in [1.165, 1.54) is 48.0 Å². The molecule has 0 aromatic heterocycles. The summed E-state index contributed by atoms with van der Waals surface area (Å²) in [6.45, 7) is 2.10. The van der Waals surface area contributed by atoms with Crippen LogP contribution in [0.25, 0.3) is 0 Å². The second kappa shape index (κ2) is 6.58. The Kier molecular flexibility index (Phi) is 5.07. The van der Waals surface area contributed by atoms with Crippen molar-refractivity contribution in [2.45, 2.75) is 32.2 Å². The summed E-state index contributed by atoms with van der Waals surface area (Å²) in [4.78, 5) is 2.39. The Morgan fingerprint density at radius 2 is 2.06 bits per heavy atom. The standard InChI is InChI=1S/C15H23BrN2/c1-17-10-13-7-8-14(9-15(13)16)18(2)11-12-5-3-4-6-12/h7-9,12,17H,3-6,10-11H2,1-2H3. The minimum atomic E-state index is 0.894. The Bertz CT molecular complexity index is 386. The smallest absolute Gasteiger partial charge is 0.0375 e. The van der Waals surface area contributed by atoms with Gasteiger partial charge in [0.05, 0.1) is 0 Å². The summed E-state index contributed by atoms with van der Waals surface area (Å²) in [6, 6.07) is 6.68. The van der Waals surface area contributed by atoms with E-state index >= 15 is 0 Å². The van der Waals surface area contributed by atoms with E-state index in [2.05, 4.69) is 51.4 Å². The van der Waals surface area contributed by atoms with Crippen LogP contribution in [-0.4, -0.2) is 20.6 Å². The van der Waals surface area contributed by atoms with E-state index in [4.69, 9.17) is 0 Å². The molecule has 0 aliphatic heterocycles. The number of rotatable bonds is 5. The van der Waals surface area contributed by atoms with Gasteiger partial charge in [0.25, 0.3) is 0 Å². The van der Waals surface area contributed by atoms with Gasteiger partial charge in [0.15, 0.2) is 0 Å². The maximum atomic E-state index is 3.66. The van der Waals surface area contributed by atoms with Gasteiger partial charge in [-0.15, -0.1) is 0 Å². The van der Waals surface area contributed by atoms with Crippen LogP contribution < -0.4 is 10.2 Å². The summed E-state index contributed by atoms with van der Waals surface area (Å²) in [5.74, 6) is 0.894. The van der Waals surface area contributed by atoms with E-state index in [0.717, 1.165) is 12.5 Å². The molecule has 0 unspecified atom stereocenters. The summed E-state index contributed by atoms with van der Waals surface area (Å²) < 4.78 is 1.20. The Balaban J connectivity index is 2.01. The fourth-order valence-corrected chi connectivity index (χ4v) is 3.30. The van der Waals surface area contributed by atoms with E-state index in [9.17, 15) is 0 Å². The number of hydrogen-bond donors (Lipinski definition) is 1. The quantitative estimate of drug-likeness (QED) is 0.890. The molecule has 1 fully saturated rings. The molecule has 1 aliphatic rings. The molecule has 1 aromatic rings. The van der Waals surface area contributed by atoms with Crippen LogP contribution >= 0.6 is 15.9 Å². The van der Waals surface area contributed by atoms with Crippen LogP contribution in [0.2, 0.25) is 0 Å². The molecule has 1 aromatic carbocycles. The van der Waals surface area contributed by atoms with Crippen molar-refractivity contribution in [3.63, 3.8) is 0 Å². The highest BCUT2D eigenvalue weighted by molar-refractivity contribution is 9.10. The number of nitrogens with zero attached hydrogens (tertiary/aromatic N) is 1. The van der Waals surface area contributed by atoms with Gasteiger partial charge in [-0.25, -0.2) is 0 Å². The fourth-order valence-electron chi connectivity index (χ4n) is 2.79. The van der Waals surface area contributed by atoms with Gasteiger partial charge in [-0.05, 0) is 43.5 Å². The van der Waals surface area contributed by atoms with Crippen molar-refractivity contribution < 1.29 is 0 Å². The highest BCUT2D eigenvalue weighted by Crippen LogP contribution is 2.28. The zero-order valence-electron chi connectivity index (χ0n) is 11.4. The van der Waals surface area contributed by atoms with Crippen LogP contribution in [0.3, 0.4) is 0 Å². The first-order chi connectivity index (χ1) is 8.70. The number of benzene rings is 1. The van der Waals surface area contributed by atoms with Gasteiger partial charge in [-0.3, -0.25) is 0 Å². The maximum absolute atomic E-state index is 3.66. The van der Waals surface area contributed by atoms with Crippen LogP contribution in [0.4, 0.5) is 5.69 Å². The van der Waals surface area contributed by atoms with Crippen molar-refractivity contribution in [3.05, 3.63) is 28.2 Å². The Hall–Kier alpha value is -0.540. The van der Waals surface area contributed by atoms with E-state index < -0.39 is 0 Å². The number of nitrogens with one attached hydrogen (secondary N) is 1. The van der Waals surface area contributed by atoms with Crippen molar-refractivity contribution in [1.82, 2.24) is 5.32 Å². The first-order valence-corrected chi connectivity index (χ1v) is 7.64. The molecule has 0 atom stereocenters. The number of halogens is 1. The predicted molar refractivity (Wildman–Crippen MR) is 82.1 cm³/mol. The Morgan fingerprint density at radius 3 is 2.67 bits per heavy atom. The van der Waals surface area contributed by atoms with Crippen molar-refractivity contribution in [3.8, 4) is 0 Å². The van der Waals surface area contributed by atoms with Crippen LogP contribution in [0.5, 0.6) is 0 Å². The van der Waals surface area contributed by atoms with Gasteiger partial charge in [-0.1, -0.05) is 34.8 Å². The maximum Gasteiger partial charge on any atom is 0.0375 e. The summed E-state index contributed by atoms with van der Waals surface area (Å²) >= 11 is 3.66. The van der Waals surface area contributed by atoms with E-state index in [-0.39, 0.29) is 0 Å². The molecule has 0 heterocycles. The second-order valence-corrected chi connectivity index (χ2v) is 6.19.